The number of anilines is 1. The summed E-state index contributed by atoms with van der Waals surface area (Å²) in [6.07, 6.45) is 0. The Labute approximate surface area is 138 Å². The van der Waals surface area contributed by atoms with E-state index in [0.717, 1.165) is 21.2 Å². The Balaban J connectivity index is 2.51. The lowest BCUT2D eigenvalue weighted by atomic mass is 10.2. The van der Waals surface area contributed by atoms with E-state index in [9.17, 15) is 13.2 Å². The van der Waals surface area contributed by atoms with Crippen LogP contribution in [-0.4, -0.2) is 28.0 Å². The number of halogens is 1. The topological polar surface area (TPSA) is 63.7 Å². The van der Waals surface area contributed by atoms with Crippen molar-refractivity contribution in [1.29, 1.82) is 0 Å². The normalized spacial score (nSPS) is 11.2. The number of carbonyl (C=O) groups is 1. The molecular formula is C14H14ClNO4S2. The van der Waals surface area contributed by atoms with E-state index in [1.54, 1.807) is 23.6 Å². The lowest BCUT2D eigenvalue weighted by molar-refractivity contribution is -0.138. The Morgan fingerprint density at radius 3 is 2.64 bits per heavy atom. The minimum Gasteiger partial charge on any atom is -0.468 e. The van der Waals surface area contributed by atoms with Gasteiger partial charge >= 0.3 is 5.97 Å². The van der Waals surface area contributed by atoms with Gasteiger partial charge in [-0.2, -0.15) is 0 Å². The highest BCUT2D eigenvalue weighted by Gasteiger charge is 2.28. The second-order valence-corrected chi connectivity index (χ2v) is 7.90. The molecule has 1 heterocycles. The number of hydrogen-bond donors (Lipinski definition) is 0. The Morgan fingerprint density at radius 1 is 1.36 bits per heavy atom. The lowest BCUT2D eigenvalue weighted by Gasteiger charge is -2.23. The van der Waals surface area contributed by atoms with Crippen LogP contribution in [0.5, 0.6) is 0 Å². The Kier molecular flexibility index (Phi) is 5.10. The van der Waals surface area contributed by atoms with Gasteiger partial charge in [-0.05, 0) is 36.1 Å². The van der Waals surface area contributed by atoms with Crippen molar-refractivity contribution >= 4 is 44.6 Å². The van der Waals surface area contributed by atoms with Gasteiger partial charge < -0.3 is 4.74 Å². The zero-order valence-electron chi connectivity index (χ0n) is 11.9. The van der Waals surface area contributed by atoms with Crippen molar-refractivity contribution in [2.45, 2.75) is 11.1 Å². The number of nitrogens with zero attached hydrogens (tertiary/aromatic N) is 1. The van der Waals surface area contributed by atoms with E-state index in [4.69, 9.17) is 11.6 Å². The molecule has 0 saturated carbocycles. The van der Waals surface area contributed by atoms with Gasteiger partial charge in [-0.1, -0.05) is 23.7 Å². The fourth-order valence-corrected chi connectivity index (χ4v) is 4.43. The van der Waals surface area contributed by atoms with Crippen LogP contribution in [0, 0.1) is 6.92 Å². The average molecular weight is 360 g/mol. The zero-order valence-corrected chi connectivity index (χ0v) is 14.3. The summed E-state index contributed by atoms with van der Waals surface area (Å²) in [5.41, 5.74) is 1.13. The zero-order chi connectivity index (χ0) is 16.3. The van der Waals surface area contributed by atoms with Gasteiger partial charge in [-0.3, -0.25) is 9.10 Å². The predicted molar refractivity (Wildman–Crippen MR) is 87.1 cm³/mol. The molecule has 8 heteroatoms. The number of carbonyl (C=O) groups excluding carboxylic acids is 1. The molecule has 0 saturated heterocycles. The number of hydrogen-bond acceptors (Lipinski definition) is 5. The first kappa shape index (κ1) is 16.8. The highest BCUT2D eigenvalue weighted by molar-refractivity contribution is 7.94. The molecule has 0 amide bonds. The average Bonchev–Trinajstić information content (AvgIpc) is 3.02. The maximum atomic E-state index is 12.7. The van der Waals surface area contributed by atoms with Crippen LogP contribution in [0.25, 0.3) is 0 Å². The molecule has 0 radical (unpaired) electrons. The van der Waals surface area contributed by atoms with Crippen molar-refractivity contribution in [3.05, 3.63) is 46.3 Å². The van der Waals surface area contributed by atoms with Crippen molar-refractivity contribution in [3.63, 3.8) is 0 Å². The molecule has 5 nitrogen and oxygen atoms in total. The minimum atomic E-state index is -3.85. The SMILES string of the molecule is COC(=O)CN(c1ccc(C)c(Cl)c1)S(=O)(=O)c1cccs1. The Hall–Kier alpha value is -1.57. The first-order valence-electron chi connectivity index (χ1n) is 6.25. The number of rotatable bonds is 5. The molecule has 1 aromatic heterocycles. The molecule has 2 aromatic rings. The van der Waals surface area contributed by atoms with E-state index >= 15 is 0 Å². The van der Waals surface area contributed by atoms with E-state index in [1.165, 1.54) is 19.2 Å². The Bertz CT molecular complexity index is 772. The predicted octanol–water partition coefficient (Wildman–Crippen LogP) is 3.08. The van der Waals surface area contributed by atoms with Crippen LogP contribution in [0.15, 0.2) is 39.9 Å². The molecule has 118 valence electrons. The van der Waals surface area contributed by atoms with Gasteiger partial charge in [0, 0.05) is 5.02 Å². The summed E-state index contributed by atoms with van der Waals surface area (Å²) in [7, 11) is -2.64. The standard InChI is InChI=1S/C14H14ClNO4S2/c1-10-5-6-11(8-12(10)15)16(9-13(17)20-2)22(18,19)14-4-3-7-21-14/h3-8H,9H2,1-2H3. The first-order chi connectivity index (χ1) is 10.4. The largest absolute Gasteiger partial charge is 0.468 e. The maximum absolute atomic E-state index is 12.7. The Morgan fingerprint density at radius 2 is 2.09 bits per heavy atom. The van der Waals surface area contributed by atoms with Crippen molar-refractivity contribution < 1.29 is 17.9 Å². The minimum absolute atomic E-state index is 0.146. The van der Waals surface area contributed by atoms with Crippen LogP contribution in [0.1, 0.15) is 5.56 Å². The van der Waals surface area contributed by atoms with Gasteiger partial charge in [-0.15, -0.1) is 11.3 Å². The third-order valence-electron chi connectivity index (χ3n) is 2.98. The van der Waals surface area contributed by atoms with Crippen LogP contribution in [-0.2, 0) is 19.6 Å². The summed E-state index contributed by atoms with van der Waals surface area (Å²) in [5.74, 6) is -0.656. The second-order valence-electron chi connectivity index (χ2n) is 4.45. The number of esters is 1. The van der Waals surface area contributed by atoms with E-state index in [2.05, 4.69) is 4.74 Å². The van der Waals surface area contributed by atoms with Crippen molar-refractivity contribution in [2.75, 3.05) is 18.0 Å². The van der Waals surface area contributed by atoms with Crippen LogP contribution in [0.4, 0.5) is 5.69 Å². The molecular weight excluding hydrogens is 346 g/mol. The number of aryl methyl sites for hydroxylation is 1. The van der Waals surface area contributed by atoms with Gasteiger partial charge in [0.15, 0.2) is 0 Å². The first-order valence-corrected chi connectivity index (χ1v) is 8.95. The van der Waals surface area contributed by atoms with Crippen molar-refractivity contribution in [2.24, 2.45) is 0 Å². The molecule has 1 aromatic carbocycles. The quantitative estimate of drug-likeness (QED) is 0.769. The number of sulfonamides is 1. The van der Waals surface area contributed by atoms with E-state index in [1.807, 2.05) is 6.92 Å². The molecule has 0 N–H and O–H groups in total. The number of ether oxygens (including phenoxy) is 1. The molecule has 0 unspecified atom stereocenters. The fourth-order valence-electron chi connectivity index (χ4n) is 1.75. The highest BCUT2D eigenvalue weighted by atomic mass is 35.5. The van der Waals surface area contributed by atoms with Crippen LogP contribution in [0.2, 0.25) is 5.02 Å². The van der Waals surface area contributed by atoms with Gasteiger partial charge in [0.05, 0.1) is 12.8 Å². The molecule has 0 bridgehead atoms. The molecule has 0 aliphatic carbocycles. The van der Waals surface area contributed by atoms with Gasteiger partial charge in [-0.25, -0.2) is 8.42 Å². The number of benzene rings is 1. The van der Waals surface area contributed by atoms with Crippen molar-refractivity contribution in [3.8, 4) is 0 Å². The molecule has 0 spiro atoms. The third kappa shape index (κ3) is 3.43. The van der Waals surface area contributed by atoms with E-state index in [0.29, 0.717) is 10.7 Å². The number of thiophene rings is 1. The third-order valence-corrected chi connectivity index (χ3v) is 6.54. The molecule has 22 heavy (non-hydrogen) atoms. The summed E-state index contributed by atoms with van der Waals surface area (Å²) >= 11 is 7.15. The van der Waals surface area contributed by atoms with Gasteiger partial charge in [0.2, 0.25) is 0 Å². The molecule has 0 aliphatic rings. The van der Waals surface area contributed by atoms with Crippen LogP contribution in [0.3, 0.4) is 0 Å². The molecule has 0 aliphatic heterocycles. The number of methoxy groups -OCH3 is 1. The monoisotopic (exact) mass is 359 g/mol. The van der Waals surface area contributed by atoms with Gasteiger partial charge in [0.25, 0.3) is 10.0 Å². The maximum Gasteiger partial charge on any atom is 0.326 e. The summed E-state index contributed by atoms with van der Waals surface area (Å²) in [6.45, 7) is 1.39. The lowest BCUT2D eigenvalue weighted by Crippen LogP contribution is -2.36. The second kappa shape index (κ2) is 6.68. The van der Waals surface area contributed by atoms with Gasteiger partial charge in [0.1, 0.15) is 10.8 Å². The van der Waals surface area contributed by atoms with Crippen LogP contribution >= 0.6 is 22.9 Å². The van der Waals surface area contributed by atoms with Crippen LogP contribution < -0.4 is 4.31 Å². The fraction of sp³-hybridized carbons (Fsp3) is 0.214. The summed E-state index contributed by atoms with van der Waals surface area (Å²) in [6, 6.07) is 7.95. The molecule has 0 atom stereocenters. The van der Waals surface area contributed by atoms with E-state index < -0.39 is 22.5 Å². The summed E-state index contributed by atoms with van der Waals surface area (Å²) < 4.78 is 31.2. The highest BCUT2D eigenvalue weighted by Crippen LogP contribution is 2.29. The summed E-state index contributed by atoms with van der Waals surface area (Å²) in [4.78, 5) is 11.6. The molecule has 0 fully saturated rings. The smallest absolute Gasteiger partial charge is 0.326 e. The summed E-state index contributed by atoms with van der Waals surface area (Å²) in [5, 5.41) is 2.08. The molecule has 2 rings (SSSR count). The van der Waals surface area contributed by atoms with E-state index in [-0.39, 0.29) is 4.21 Å². The van der Waals surface area contributed by atoms with Crippen molar-refractivity contribution in [1.82, 2.24) is 0 Å².